The second-order valence-electron chi connectivity index (χ2n) is 7.54. The lowest BCUT2D eigenvalue weighted by Gasteiger charge is -2.19. The third-order valence-electron chi connectivity index (χ3n) is 3.98. The molecule has 10 heteroatoms. The van der Waals surface area contributed by atoms with Crippen molar-refractivity contribution in [1.82, 2.24) is 10.3 Å². The van der Waals surface area contributed by atoms with Gasteiger partial charge in [0.15, 0.2) is 0 Å². The number of fused-ring (bicyclic) bond motifs is 1. The van der Waals surface area contributed by atoms with Crippen LogP contribution in [0.15, 0.2) is 17.0 Å². The van der Waals surface area contributed by atoms with Gasteiger partial charge >= 0.3 is 12.2 Å². The first-order valence-corrected chi connectivity index (χ1v) is 10.1. The Bertz CT molecular complexity index is 780. The first kappa shape index (κ1) is 20.2. The van der Waals surface area contributed by atoms with Crippen molar-refractivity contribution in [1.29, 1.82) is 0 Å². The molecule has 0 aromatic carbocycles. The van der Waals surface area contributed by atoms with E-state index in [0.717, 1.165) is 4.90 Å². The number of hydrogen-bond acceptors (Lipinski definition) is 7. The molecule has 2 aliphatic heterocycles. The molecular formula is C18H24N4O5S. The summed E-state index contributed by atoms with van der Waals surface area (Å²) in [5.74, 6) is 1.16. The van der Waals surface area contributed by atoms with Crippen molar-refractivity contribution in [3.63, 3.8) is 0 Å². The average Bonchev–Trinajstić information content (AvgIpc) is 2.97. The van der Waals surface area contributed by atoms with Gasteiger partial charge in [0.25, 0.3) is 0 Å². The SMILES string of the molecule is CC(C)(C)OC(=O)NCCC[C@@H]1CN(c2ccc3c(n2)NC(=O)CS3)C(=O)O1. The fraction of sp³-hybridized carbons (Fsp3) is 0.556. The fourth-order valence-electron chi connectivity index (χ4n) is 2.80. The van der Waals surface area contributed by atoms with E-state index in [2.05, 4.69) is 15.6 Å². The number of nitrogens with one attached hydrogen (secondary N) is 2. The molecule has 28 heavy (non-hydrogen) atoms. The average molecular weight is 408 g/mol. The summed E-state index contributed by atoms with van der Waals surface area (Å²) in [5, 5.41) is 5.40. The molecule has 0 radical (unpaired) electrons. The van der Waals surface area contributed by atoms with Crippen molar-refractivity contribution in [3.8, 4) is 0 Å². The highest BCUT2D eigenvalue weighted by atomic mass is 32.2. The van der Waals surface area contributed by atoms with Gasteiger partial charge in [-0.2, -0.15) is 0 Å². The predicted octanol–water partition coefficient (Wildman–Crippen LogP) is 2.76. The van der Waals surface area contributed by atoms with Crippen molar-refractivity contribution in [3.05, 3.63) is 12.1 Å². The van der Waals surface area contributed by atoms with Crippen LogP contribution in [0.25, 0.3) is 0 Å². The number of aromatic nitrogens is 1. The highest BCUT2D eigenvalue weighted by Crippen LogP contribution is 2.32. The Morgan fingerprint density at radius 2 is 2.21 bits per heavy atom. The summed E-state index contributed by atoms with van der Waals surface area (Å²) in [6, 6.07) is 3.59. The van der Waals surface area contributed by atoms with Crippen LogP contribution in [0.5, 0.6) is 0 Å². The first-order chi connectivity index (χ1) is 13.2. The molecule has 9 nitrogen and oxygen atoms in total. The van der Waals surface area contributed by atoms with E-state index in [1.165, 1.54) is 16.7 Å². The maximum absolute atomic E-state index is 12.2. The van der Waals surface area contributed by atoms with Gasteiger partial charge < -0.3 is 20.1 Å². The quantitative estimate of drug-likeness (QED) is 0.721. The molecule has 152 valence electrons. The standard InChI is InChI=1S/C18H24N4O5S/c1-18(2,3)27-16(24)19-8-4-5-11-9-22(17(25)26-11)13-7-6-12-15(20-13)21-14(23)10-28-12/h6-7,11H,4-5,8-10H2,1-3H3,(H,19,24)(H,20,21,23)/t11-/m1/s1. The molecule has 1 fully saturated rings. The Kier molecular flexibility index (Phi) is 5.97. The van der Waals surface area contributed by atoms with Gasteiger partial charge in [0, 0.05) is 6.54 Å². The number of amides is 3. The van der Waals surface area contributed by atoms with E-state index in [0.29, 0.717) is 43.3 Å². The lowest BCUT2D eigenvalue weighted by atomic mass is 10.2. The van der Waals surface area contributed by atoms with Crippen LogP contribution in [-0.4, -0.2) is 53.6 Å². The second kappa shape index (κ2) is 8.26. The monoisotopic (exact) mass is 408 g/mol. The lowest BCUT2D eigenvalue weighted by Crippen LogP contribution is -2.33. The maximum atomic E-state index is 12.2. The Hall–Kier alpha value is -2.49. The summed E-state index contributed by atoms with van der Waals surface area (Å²) < 4.78 is 10.6. The maximum Gasteiger partial charge on any atom is 0.415 e. The first-order valence-electron chi connectivity index (χ1n) is 9.10. The second-order valence-corrected chi connectivity index (χ2v) is 8.56. The van der Waals surface area contributed by atoms with Crippen LogP contribution in [0.3, 0.4) is 0 Å². The number of hydrogen-bond donors (Lipinski definition) is 2. The minimum absolute atomic E-state index is 0.110. The molecule has 1 saturated heterocycles. The molecule has 3 amide bonds. The number of anilines is 2. The van der Waals surface area contributed by atoms with Crippen LogP contribution < -0.4 is 15.5 Å². The van der Waals surface area contributed by atoms with E-state index < -0.39 is 17.8 Å². The van der Waals surface area contributed by atoms with Crippen LogP contribution >= 0.6 is 11.8 Å². The number of thioether (sulfide) groups is 1. The lowest BCUT2D eigenvalue weighted by molar-refractivity contribution is -0.113. The number of rotatable bonds is 5. The number of ether oxygens (including phenoxy) is 2. The van der Waals surface area contributed by atoms with Gasteiger partial charge in [0.1, 0.15) is 23.3 Å². The number of nitrogens with zero attached hydrogens (tertiary/aromatic N) is 2. The number of alkyl carbamates (subject to hydrolysis) is 1. The minimum Gasteiger partial charge on any atom is -0.444 e. The molecule has 2 N–H and O–H groups in total. The largest absolute Gasteiger partial charge is 0.444 e. The zero-order chi connectivity index (χ0) is 20.3. The normalized spacial score (nSPS) is 19.0. The summed E-state index contributed by atoms with van der Waals surface area (Å²) >= 11 is 1.41. The van der Waals surface area contributed by atoms with Crippen LogP contribution in [0, 0.1) is 0 Å². The molecule has 1 aromatic rings. The number of pyridine rings is 1. The van der Waals surface area contributed by atoms with Gasteiger partial charge in [-0.05, 0) is 45.7 Å². The summed E-state index contributed by atoms with van der Waals surface area (Å²) in [5.41, 5.74) is -0.536. The summed E-state index contributed by atoms with van der Waals surface area (Å²) in [6.45, 7) is 6.22. The molecule has 0 unspecified atom stereocenters. The van der Waals surface area contributed by atoms with Crippen LogP contribution in [0.4, 0.5) is 21.2 Å². The number of carbonyl (C=O) groups excluding carboxylic acids is 3. The van der Waals surface area contributed by atoms with E-state index in [1.807, 2.05) is 6.07 Å². The highest BCUT2D eigenvalue weighted by molar-refractivity contribution is 8.00. The summed E-state index contributed by atoms with van der Waals surface area (Å²) in [7, 11) is 0. The number of cyclic esters (lactones) is 1. The molecule has 0 bridgehead atoms. The molecular weight excluding hydrogens is 384 g/mol. The molecule has 1 atom stereocenters. The molecule has 0 saturated carbocycles. The molecule has 3 rings (SSSR count). The zero-order valence-electron chi connectivity index (χ0n) is 16.1. The van der Waals surface area contributed by atoms with E-state index >= 15 is 0 Å². The molecule has 3 heterocycles. The smallest absolute Gasteiger partial charge is 0.415 e. The Morgan fingerprint density at radius 3 is 2.96 bits per heavy atom. The van der Waals surface area contributed by atoms with Gasteiger partial charge in [-0.1, -0.05) is 0 Å². The minimum atomic E-state index is -0.536. The fourth-order valence-corrected chi connectivity index (χ4v) is 3.55. The highest BCUT2D eigenvalue weighted by Gasteiger charge is 2.33. The predicted molar refractivity (Wildman–Crippen MR) is 105 cm³/mol. The Labute approximate surface area is 167 Å². The van der Waals surface area contributed by atoms with Crippen molar-refractivity contribution >= 4 is 41.5 Å². The van der Waals surface area contributed by atoms with Crippen molar-refractivity contribution < 1.29 is 23.9 Å². The third-order valence-corrected chi connectivity index (χ3v) is 5.03. The van der Waals surface area contributed by atoms with Gasteiger partial charge in [-0.15, -0.1) is 11.8 Å². The molecule has 0 aliphatic carbocycles. The van der Waals surface area contributed by atoms with Crippen LogP contribution in [-0.2, 0) is 14.3 Å². The Balaban J connectivity index is 1.48. The van der Waals surface area contributed by atoms with E-state index in [9.17, 15) is 14.4 Å². The summed E-state index contributed by atoms with van der Waals surface area (Å²) in [4.78, 5) is 42.1. The molecule has 2 aliphatic rings. The van der Waals surface area contributed by atoms with Gasteiger partial charge in [0.2, 0.25) is 5.91 Å². The van der Waals surface area contributed by atoms with Crippen LogP contribution in [0.1, 0.15) is 33.6 Å². The van der Waals surface area contributed by atoms with Crippen molar-refractivity contribution in [2.75, 3.05) is 29.1 Å². The van der Waals surface area contributed by atoms with E-state index in [-0.39, 0.29) is 12.0 Å². The molecule has 1 aromatic heterocycles. The summed E-state index contributed by atoms with van der Waals surface area (Å²) in [6.07, 6.45) is 0.0445. The van der Waals surface area contributed by atoms with Gasteiger partial charge in [-0.25, -0.2) is 14.6 Å². The molecule has 0 spiro atoms. The van der Waals surface area contributed by atoms with Crippen LogP contribution in [0.2, 0.25) is 0 Å². The topological polar surface area (TPSA) is 110 Å². The number of carbonyl (C=O) groups is 3. The van der Waals surface area contributed by atoms with Crippen molar-refractivity contribution in [2.24, 2.45) is 0 Å². The van der Waals surface area contributed by atoms with Crippen molar-refractivity contribution in [2.45, 2.75) is 50.2 Å². The third kappa shape index (κ3) is 5.28. The zero-order valence-corrected chi connectivity index (χ0v) is 16.9. The van der Waals surface area contributed by atoms with Gasteiger partial charge in [-0.3, -0.25) is 9.69 Å². The van der Waals surface area contributed by atoms with Gasteiger partial charge in [0.05, 0.1) is 17.2 Å². The Morgan fingerprint density at radius 1 is 1.43 bits per heavy atom. The van der Waals surface area contributed by atoms with E-state index in [1.54, 1.807) is 26.8 Å². The van der Waals surface area contributed by atoms with E-state index in [4.69, 9.17) is 9.47 Å².